The van der Waals surface area contributed by atoms with Crippen LogP contribution in [-0.4, -0.2) is 16.5 Å². The second-order valence-electron chi connectivity index (χ2n) is 5.97. The van der Waals surface area contributed by atoms with Crippen molar-refractivity contribution in [1.29, 1.82) is 0 Å². The van der Waals surface area contributed by atoms with E-state index >= 15 is 0 Å². The topological polar surface area (TPSA) is 49.8 Å². The SMILES string of the molecule is Cc1cc(NCCc2cccc(Cl)c2)nc(NCc2ccccc2F)n1. The number of nitrogens with zero attached hydrogens (tertiary/aromatic N) is 2. The van der Waals surface area contributed by atoms with Gasteiger partial charge in [0, 0.05) is 35.4 Å². The molecular formula is C20H20ClFN4. The second-order valence-corrected chi connectivity index (χ2v) is 6.41. The molecule has 0 saturated heterocycles. The fraction of sp³-hybridized carbons (Fsp3) is 0.200. The third-order valence-corrected chi connectivity index (χ3v) is 4.09. The van der Waals surface area contributed by atoms with Crippen molar-refractivity contribution < 1.29 is 4.39 Å². The first-order chi connectivity index (χ1) is 12.6. The molecule has 0 amide bonds. The summed E-state index contributed by atoms with van der Waals surface area (Å²) in [5.41, 5.74) is 2.57. The van der Waals surface area contributed by atoms with Crippen LogP contribution in [0.5, 0.6) is 0 Å². The molecular weight excluding hydrogens is 351 g/mol. The summed E-state index contributed by atoms with van der Waals surface area (Å²) in [5.74, 6) is 0.960. The molecule has 6 heteroatoms. The normalized spacial score (nSPS) is 10.6. The lowest BCUT2D eigenvalue weighted by Gasteiger charge is -2.10. The lowest BCUT2D eigenvalue weighted by molar-refractivity contribution is 0.612. The molecule has 0 fully saturated rings. The van der Waals surface area contributed by atoms with Gasteiger partial charge in [0.15, 0.2) is 0 Å². The zero-order valence-corrected chi connectivity index (χ0v) is 15.2. The number of anilines is 2. The van der Waals surface area contributed by atoms with Crippen LogP contribution in [0.1, 0.15) is 16.8 Å². The van der Waals surface area contributed by atoms with E-state index < -0.39 is 0 Å². The van der Waals surface area contributed by atoms with E-state index in [-0.39, 0.29) is 5.82 Å². The van der Waals surface area contributed by atoms with Gasteiger partial charge in [-0.25, -0.2) is 9.37 Å². The van der Waals surface area contributed by atoms with Gasteiger partial charge in [-0.2, -0.15) is 4.98 Å². The van der Waals surface area contributed by atoms with Crippen LogP contribution in [-0.2, 0) is 13.0 Å². The molecule has 2 aromatic carbocycles. The summed E-state index contributed by atoms with van der Waals surface area (Å²) in [6.07, 6.45) is 0.835. The highest BCUT2D eigenvalue weighted by Gasteiger charge is 2.05. The highest BCUT2D eigenvalue weighted by Crippen LogP contribution is 2.14. The lowest BCUT2D eigenvalue weighted by Crippen LogP contribution is -2.10. The lowest BCUT2D eigenvalue weighted by atomic mass is 10.1. The van der Waals surface area contributed by atoms with Crippen molar-refractivity contribution in [2.45, 2.75) is 19.9 Å². The average Bonchev–Trinajstić information content (AvgIpc) is 2.61. The molecule has 2 N–H and O–H groups in total. The Bertz CT molecular complexity index is 885. The third-order valence-electron chi connectivity index (χ3n) is 3.86. The van der Waals surface area contributed by atoms with Crippen molar-refractivity contribution in [3.8, 4) is 0 Å². The summed E-state index contributed by atoms with van der Waals surface area (Å²) in [6.45, 7) is 2.96. The smallest absolute Gasteiger partial charge is 0.225 e. The maximum Gasteiger partial charge on any atom is 0.225 e. The molecule has 0 aliphatic heterocycles. The van der Waals surface area contributed by atoms with Gasteiger partial charge in [0.05, 0.1) is 0 Å². The monoisotopic (exact) mass is 370 g/mol. The maximum absolute atomic E-state index is 13.7. The van der Waals surface area contributed by atoms with Crippen molar-refractivity contribution in [3.63, 3.8) is 0 Å². The van der Waals surface area contributed by atoms with E-state index in [2.05, 4.69) is 20.6 Å². The van der Waals surface area contributed by atoms with Crippen molar-refractivity contribution >= 4 is 23.4 Å². The van der Waals surface area contributed by atoms with Gasteiger partial charge in [0.1, 0.15) is 11.6 Å². The van der Waals surface area contributed by atoms with Gasteiger partial charge in [0.25, 0.3) is 0 Å². The molecule has 1 heterocycles. The van der Waals surface area contributed by atoms with Gasteiger partial charge in [0.2, 0.25) is 5.95 Å². The fourth-order valence-electron chi connectivity index (χ4n) is 2.58. The molecule has 3 rings (SSSR count). The molecule has 134 valence electrons. The van der Waals surface area contributed by atoms with Crippen molar-refractivity contribution in [1.82, 2.24) is 9.97 Å². The molecule has 0 aliphatic rings. The molecule has 0 unspecified atom stereocenters. The Morgan fingerprint density at radius 1 is 1.00 bits per heavy atom. The number of aromatic nitrogens is 2. The number of rotatable bonds is 7. The Hall–Kier alpha value is -2.66. The summed E-state index contributed by atoms with van der Waals surface area (Å²) in [4.78, 5) is 8.80. The van der Waals surface area contributed by atoms with Crippen LogP contribution >= 0.6 is 11.6 Å². The van der Waals surface area contributed by atoms with E-state index in [0.29, 0.717) is 18.1 Å². The first-order valence-electron chi connectivity index (χ1n) is 8.41. The Labute approximate surface area is 157 Å². The van der Waals surface area contributed by atoms with Crippen molar-refractivity contribution in [3.05, 3.63) is 82.3 Å². The first-order valence-corrected chi connectivity index (χ1v) is 8.79. The summed E-state index contributed by atoms with van der Waals surface area (Å²) in [6, 6.07) is 16.3. The molecule has 0 atom stereocenters. The summed E-state index contributed by atoms with van der Waals surface area (Å²) in [7, 11) is 0. The molecule has 0 aliphatic carbocycles. The largest absolute Gasteiger partial charge is 0.370 e. The van der Waals surface area contributed by atoms with Crippen LogP contribution in [0.2, 0.25) is 5.02 Å². The van der Waals surface area contributed by atoms with Crippen LogP contribution in [0.4, 0.5) is 16.2 Å². The summed E-state index contributed by atoms with van der Waals surface area (Å²) >= 11 is 6.00. The number of aryl methyl sites for hydroxylation is 1. The highest BCUT2D eigenvalue weighted by molar-refractivity contribution is 6.30. The number of halogens is 2. The van der Waals surface area contributed by atoms with Crippen LogP contribution in [0.25, 0.3) is 0 Å². The van der Waals surface area contributed by atoms with Gasteiger partial charge in [-0.1, -0.05) is 41.9 Å². The zero-order chi connectivity index (χ0) is 18.4. The number of hydrogen-bond donors (Lipinski definition) is 2. The van der Waals surface area contributed by atoms with E-state index in [0.717, 1.165) is 35.1 Å². The minimum absolute atomic E-state index is 0.243. The summed E-state index contributed by atoms with van der Waals surface area (Å²) in [5, 5.41) is 7.11. The fourth-order valence-corrected chi connectivity index (χ4v) is 2.79. The van der Waals surface area contributed by atoms with Gasteiger partial charge in [-0.3, -0.25) is 0 Å². The number of hydrogen-bond acceptors (Lipinski definition) is 4. The molecule has 0 bridgehead atoms. The first kappa shape index (κ1) is 18.1. The van der Waals surface area contributed by atoms with Crippen LogP contribution in [0.15, 0.2) is 54.6 Å². The van der Waals surface area contributed by atoms with Gasteiger partial charge >= 0.3 is 0 Å². The molecule has 26 heavy (non-hydrogen) atoms. The van der Waals surface area contributed by atoms with E-state index in [1.165, 1.54) is 6.07 Å². The Kier molecular flexibility index (Phi) is 6.02. The minimum Gasteiger partial charge on any atom is -0.370 e. The molecule has 3 aromatic rings. The summed E-state index contributed by atoms with van der Waals surface area (Å²) < 4.78 is 13.7. The standard InChI is InChI=1S/C20H20ClFN4/c1-14-11-19(23-10-9-15-5-4-7-17(21)12-15)26-20(25-14)24-13-16-6-2-3-8-18(16)22/h2-8,11-12H,9-10,13H2,1H3,(H2,23,24,25,26). The molecule has 1 aromatic heterocycles. The quantitative estimate of drug-likeness (QED) is 0.624. The molecule has 0 radical (unpaired) electrons. The maximum atomic E-state index is 13.7. The highest BCUT2D eigenvalue weighted by atomic mass is 35.5. The van der Waals surface area contributed by atoms with Crippen LogP contribution in [0.3, 0.4) is 0 Å². The Morgan fingerprint density at radius 2 is 1.85 bits per heavy atom. The predicted octanol–water partition coefficient (Wildman–Crippen LogP) is 4.84. The number of nitrogens with one attached hydrogen (secondary N) is 2. The molecule has 4 nitrogen and oxygen atoms in total. The predicted molar refractivity (Wildman–Crippen MR) is 104 cm³/mol. The van der Waals surface area contributed by atoms with Crippen molar-refractivity contribution in [2.75, 3.05) is 17.2 Å². The average molecular weight is 371 g/mol. The minimum atomic E-state index is -0.243. The van der Waals surface area contributed by atoms with Gasteiger partial charge < -0.3 is 10.6 Å². The van der Waals surface area contributed by atoms with E-state index in [4.69, 9.17) is 11.6 Å². The van der Waals surface area contributed by atoms with Gasteiger partial charge in [-0.05, 0) is 37.1 Å². The van der Waals surface area contributed by atoms with E-state index in [1.54, 1.807) is 18.2 Å². The third kappa shape index (κ3) is 5.17. The molecule has 0 spiro atoms. The van der Waals surface area contributed by atoms with E-state index in [1.807, 2.05) is 37.3 Å². The van der Waals surface area contributed by atoms with Crippen LogP contribution < -0.4 is 10.6 Å². The zero-order valence-electron chi connectivity index (χ0n) is 14.5. The number of benzene rings is 2. The second kappa shape index (κ2) is 8.63. The van der Waals surface area contributed by atoms with E-state index in [9.17, 15) is 4.39 Å². The molecule has 0 saturated carbocycles. The Balaban J connectivity index is 1.59. The van der Waals surface area contributed by atoms with Crippen molar-refractivity contribution in [2.24, 2.45) is 0 Å². The van der Waals surface area contributed by atoms with Gasteiger partial charge in [-0.15, -0.1) is 0 Å². The Morgan fingerprint density at radius 3 is 2.65 bits per heavy atom. The van der Waals surface area contributed by atoms with Crippen LogP contribution in [0, 0.1) is 12.7 Å².